The second-order valence-corrected chi connectivity index (χ2v) is 3.75. The average Bonchev–Trinajstić information content (AvgIpc) is 2.04. The third kappa shape index (κ3) is 2.46. The topological polar surface area (TPSA) is 23.5 Å². The van der Waals surface area contributed by atoms with Crippen LogP contribution in [0.4, 0.5) is 0 Å². The van der Waals surface area contributed by atoms with E-state index in [1.807, 2.05) is 6.92 Å². The summed E-state index contributed by atoms with van der Waals surface area (Å²) < 4.78 is 0. The molecule has 2 nitrogen and oxygen atoms in total. The lowest BCUT2D eigenvalue weighted by Crippen LogP contribution is -2.52. The predicted octanol–water partition coefficient (Wildman–Crippen LogP) is 1.88. The Morgan fingerprint density at radius 2 is 1.58 bits per heavy atom. The molecule has 0 rings (SSSR count). The van der Waals surface area contributed by atoms with Crippen molar-refractivity contribution in [2.75, 3.05) is 13.1 Å². The van der Waals surface area contributed by atoms with Crippen LogP contribution in [0.5, 0.6) is 0 Å². The van der Waals surface area contributed by atoms with E-state index >= 15 is 0 Å². The summed E-state index contributed by atoms with van der Waals surface area (Å²) in [6.45, 7) is 12.5. The van der Waals surface area contributed by atoms with E-state index in [2.05, 4.69) is 32.6 Å². The molecule has 0 saturated carbocycles. The minimum absolute atomic E-state index is 0.0851. The van der Waals surface area contributed by atoms with Crippen molar-refractivity contribution in [1.82, 2.24) is 4.90 Å². The molecule has 1 unspecified atom stereocenters. The lowest BCUT2D eigenvalue weighted by atomic mass is 9.93. The van der Waals surface area contributed by atoms with Crippen LogP contribution in [0.15, 0.2) is 0 Å². The van der Waals surface area contributed by atoms with Crippen molar-refractivity contribution in [3.63, 3.8) is 0 Å². The fourth-order valence-electron chi connectivity index (χ4n) is 1.75. The van der Waals surface area contributed by atoms with Gasteiger partial charge in [-0.25, -0.2) is 0 Å². The quantitative estimate of drug-likeness (QED) is 0.686. The first-order valence-corrected chi connectivity index (χ1v) is 4.93. The van der Waals surface area contributed by atoms with E-state index < -0.39 is 0 Å². The molecule has 0 heterocycles. The smallest absolute Gasteiger partial charge is 0.0715 e. The van der Waals surface area contributed by atoms with E-state index in [9.17, 15) is 5.11 Å². The molecule has 0 aliphatic carbocycles. The van der Waals surface area contributed by atoms with Crippen LogP contribution in [0.2, 0.25) is 0 Å². The fraction of sp³-hybridized carbons (Fsp3) is 1.00. The Balaban J connectivity index is 4.33. The zero-order valence-corrected chi connectivity index (χ0v) is 9.09. The molecular weight excluding hydrogens is 150 g/mol. The van der Waals surface area contributed by atoms with Gasteiger partial charge in [0.1, 0.15) is 0 Å². The summed E-state index contributed by atoms with van der Waals surface area (Å²) >= 11 is 0. The summed E-state index contributed by atoms with van der Waals surface area (Å²) in [6, 6.07) is 0. The molecule has 1 N–H and O–H groups in total. The molecule has 0 aliphatic heterocycles. The molecule has 0 aliphatic rings. The highest BCUT2D eigenvalue weighted by Crippen LogP contribution is 2.20. The minimum atomic E-state index is -0.225. The van der Waals surface area contributed by atoms with Gasteiger partial charge >= 0.3 is 0 Å². The SMILES string of the molecule is CCC(O)C(C)(C)N(CC)CC. The van der Waals surface area contributed by atoms with Crippen molar-refractivity contribution in [2.45, 2.75) is 52.7 Å². The third-order valence-corrected chi connectivity index (χ3v) is 2.78. The van der Waals surface area contributed by atoms with Gasteiger partial charge in [0.25, 0.3) is 0 Å². The van der Waals surface area contributed by atoms with Crippen LogP contribution < -0.4 is 0 Å². The van der Waals surface area contributed by atoms with Crippen LogP contribution in [0.1, 0.15) is 41.0 Å². The van der Waals surface area contributed by atoms with Crippen molar-refractivity contribution in [1.29, 1.82) is 0 Å². The highest BCUT2D eigenvalue weighted by atomic mass is 16.3. The molecule has 0 fully saturated rings. The van der Waals surface area contributed by atoms with Crippen LogP contribution in [0, 0.1) is 0 Å². The third-order valence-electron chi connectivity index (χ3n) is 2.78. The Morgan fingerprint density at radius 3 is 1.83 bits per heavy atom. The van der Waals surface area contributed by atoms with Gasteiger partial charge in [-0.2, -0.15) is 0 Å². The van der Waals surface area contributed by atoms with Crippen molar-refractivity contribution < 1.29 is 5.11 Å². The summed E-state index contributed by atoms with van der Waals surface area (Å²) in [5, 5.41) is 9.78. The minimum Gasteiger partial charge on any atom is -0.391 e. The van der Waals surface area contributed by atoms with E-state index in [-0.39, 0.29) is 11.6 Å². The van der Waals surface area contributed by atoms with E-state index in [0.717, 1.165) is 19.5 Å². The second-order valence-electron chi connectivity index (χ2n) is 3.75. The second kappa shape index (κ2) is 4.83. The lowest BCUT2D eigenvalue weighted by Gasteiger charge is -2.40. The number of nitrogens with zero attached hydrogens (tertiary/aromatic N) is 1. The van der Waals surface area contributed by atoms with Crippen LogP contribution in [-0.4, -0.2) is 34.7 Å². The first-order chi connectivity index (χ1) is 5.50. The van der Waals surface area contributed by atoms with Crippen LogP contribution >= 0.6 is 0 Å². The Bertz CT molecular complexity index is 119. The molecule has 2 heteroatoms. The van der Waals surface area contributed by atoms with E-state index in [0.29, 0.717) is 0 Å². The van der Waals surface area contributed by atoms with Gasteiger partial charge < -0.3 is 5.11 Å². The Morgan fingerprint density at radius 1 is 1.17 bits per heavy atom. The molecule has 0 saturated heterocycles. The number of hydrogen-bond donors (Lipinski definition) is 1. The Labute approximate surface area is 76.6 Å². The molecule has 0 spiro atoms. The van der Waals surface area contributed by atoms with Crippen LogP contribution in [0.3, 0.4) is 0 Å². The monoisotopic (exact) mass is 173 g/mol. The maximum atomic E-state index is 9.78. The summed E-state index contributed by atoms with van der Waals surface area (Å²) in [7, 11) is 0. The first kappa shape index (κ1) is 11.9. The molecule has 0 radical (unpaired) electrons. The maximum Gasteiger partial charge on any atom is 0.0715 e. The highest BCUT2D eigenvalue weighted by molar-refractivity contribution is 4.86. The van der Waals surface area contributed by atoms with Gasteiger partial charge in [0, 0.05) is 5.54 Å². The number of likely N-dealkylation sites (N-methyl/N-ethyl adjacent to an activating group) is 1. The van der Waals surface area contributed by atoms with Gasteiger partial charge in [0.05, 0.1) is 6.10 Å². The normalized spacial score (nSPS) is 15.2. The number of aliphatic hydroxyl groups is 1. The van der Waals surface area contributed by atoms with Crippen molar-refractivity contribution in [3.05, 3.63) is 0 Å². The molecule has 0 aromatic heterocycles. The molecule has 0 aromatic carbocycles. The van der Waals surface area contributed by atoms with Crippen molar-refractivity contribution in [3.8, 4) is 0 Å². The fourth-order valence-corrected chi connectivity index (χ4v) is 1.75. The van der Waals surface area contributed by atoms with Gasteiger partial charge in [-0.3, -0.25) is 4.90 Å². The predicted molar refractivity (Wildman–Crippen MR) is 53.3 cm³/mol. The van der Waals surface area contributed by atoms with Crippen molar-refractivity contribution >= 4 is 0 Å². The van der Waals surface area contributed by atoms with Crippen LogP contribution in [0.25, 0.3) is 0 Å². The van der Waals surface area contributed by atoms with Gasteiger partial charge in [0.2, 0.25) is 0 Å². The zero-order valence-electron chi connectivity index (χ0n) is 9.09. The lowest BCUT2D eigenvalue weighted by molar-refractivity contribution is -0.00640. The molecule has 0 amide bonds. The van der Waals surface area contributed by atoms with E-state index in [4.69, 9.17) is 0 Å². The molecule has 0 bridgehead atoms. The molecule has 74 valence electrons. The van der Waals surface area contributed by atoms with Crippen molar-refractivity contribution in [2.24, 2.45) is 0 Å². The summed E-state index contributed by atoms with van der Waals surface area (Å²) in [5.74, 6) is 0. The maximum absolute atomic E-state index is 9.78. The average molecular weight is 173 g/mol. The number of aliphatic hydroxyl groups excluding tert-OH is 1. The van der Waals surface area contributed by atoms with E-state index in [1.165, 1.54) is 0 Å². The standard InChI is InChI=1S/C10H23NO/c1-6-9(12)10(4,5)11(7-2)8-3/h9,12H,6-8H2,1-5H3. The van der Waals surface area contributed by atoms with Gasteiger partial charge in [-0.15, -0.1) is 0 Å². The summed E-state index contributed by atoms with van der Waals surface area (Å²) in [5.41, 5.74) is -0.0851. The molecule has 12 heavy (non-hydrogen) atoms. The number of hydrogen-bond acceptors (Lipinski definition) is 2. The van der Waals surface area contributed by atoms with Gasteiger partial charge in [-0.05, 0) is 33.4 Å². The first-order valence-electron chi connectivity index (χ1n) is 4.93. The van der Waals surface area contributed by atoms with Gasteiger partial charge in [0.15, 0.2) is 0 Å². The highest BCUT2D eigenvalue weighted by Gasteiger charge is 2.30. The zero-order chi connectivity index (χ0) is 9.78. The Kier molecular flexibility index (Phi) is 4.80. The van der Waals surface area contributed by atoms with E-state index in [1.54, 1.807) is 0 Å². The Hall–Kier alpha value is -0.0800. The number of rotatable bonds is 5. The molecular formula is C10H23NO. The molecule has 0 aromatic rings. The summed E-state index contributed by atoms with van der Waals surface area (Å²) in [6.07, 6.45) is 0.598. The summed E-state index contributed by atoms with van der Waals surface area (Å²) in [4.78, 5) is 2.29. The van der Waals surface area contributed by atoms with Gasteiger partial charge in [-0.1, -0.05) is 20.8 Å². The van der Waals surface area contributed by atoms with Crippen LogP contribution in [-0.2, 0) is 0 Å². The largest absolute Gasteiger partial charge is 0.391 e. The molecule has 1 atom stereocenters.